The van der Waals surface area contributed by atoms with Crippen molar-refractivity contribution < 1.29 is 9.47 Å². The highest BCUT2D eigenvalue weighted by atomic mass is 16.6. The van der Waals surface area contributed by atoms with Crippen molar-refractivity contribution in [1.29, 1.82) is 0 Å². The van der Waals surface area contributed by atoms with Gasteiger partial charge in [0.15, 0.2) is 11.5 Å². The Bertz CT molecular complexity index is 821. The van der Waals surface area contributed by atoms with Gasteiger partial charge >= 0.3 is 0 Å². The van der Waals surface area contributed by atoms with E-state index in [1.807, 2.05) is 36.5 Å². The molecule has 21 heavy (non-hydrogen) atoms. The second-order valence-electron chi connectivity index (χ2n) is 5.19. The van der Waals surface area contributed by atoms with Gasteiger partial charge in [-0.3, -0.25) is 4.98 Å². The smallest absolute Gasteiger partial charge is 0.162 e. The van der Waals surface area contributed by atoms with E-state index in [0.717, 1.165) is 33.7 Å². The molecule has 1 aliphatic rings. The molecule has 0 N–H and O–H groups in total. The van der Waals surface area contributed by atoms with Crippen LogP contribution in [0.1, 0.15) is 5.56 Å². The molecule has 2 aromatic carbocycles. The first-order chi connectivity index (χ1) is 10.3. The Labute approximate surface area is 123 Å². The lowest BCUT2D eigenvalue weighted by Crippen LogP contribution is -2.15. The molecule has 0 saturated heterocycles. The normalized spacial score (nSPS) is 13.4. The third-order valence-corrected chi connectivity index (χ3v) is 3.82. The fourth-order valence-electron chi connectivity index (χ4n) is 2.78. The zero-order valence-corrected chi connectivity index (χ0v) is 11.8. The Balaban J connectivity index is 1.96. The van der Waals surface area contributed by atoms with E-state index in [1.165, 1.54) is 5.39 Å². The number of benzene rings is 2. The van der Waals surface area contributed by atoms with Gasteiger partial charge in [0.1, 0.15) is 13.2 Å². The van der Waals surface area contributed by atoms with E-state index < -0.39 is 0 Å². The lowest BCUT2D eigenvalue weighted by atomic mass is 9.99. The molecule has 0 atom stereocenters. The predicted octanol–water partition coefficient (Wildman–Crippen LogP) is 3.98. The molecule has 0 radical (unpaired) electrons. The third kappa shape index (κ3) is 2.02. The molecular weight excluding hydrogens is 262 g/mol. The van der Waals surface area contributed by atoms with Gasteiger partial charge in [-0.2, -0.15) is 0 Å². The van der Waals surface area contributed by atoms with Crippen LogP contribution in [0, 0.1) is 6.92 Å². The predicted molar refractivity (Wildman–Crippen MR) is 82.9 cm³/mol. The topological polar surface area (TPSA) is 31.4 Å². The van der Waals surface area contributed by atoms with Gasteiger partial charge in [0.25, 0.3) is 0 Å². The molecule has 0 saturated carbocycles. The summed E-state index contributed by atoms with van der Waals surface area (Å²) in [4.78, 5) is 4.59. The number of fused-ring (bicyclic) bond motifs is 2. The van der Waals surface area contributed by atoms with Gasteiger partial charge in [0.05, 0.1) is 5.69 Å². The van der Waals surface area contributed by atoms with Crippen molar-refractivity contribution in [3.8, 4) is 22.8 Å². The molecule has 0 fully saturated rings. The lowest BCUT2D eigenvalue weighted by molar-refractivity contribution is 0.171. The first-order valence-electron chi connectivity index (χ1n) is 7.07. The summed E-state index contributed by atoms with van der Waals surface area (Å²) >= 11 is 0. The zero-order chi connectivity index (χ0) is 14.2. The minimum Gasteiger partial charge on any atom is -0.486 e. The second kappa shape index (κ2) is 4.77. The van der Waals surface area contributed by atoms with Gasteiger partial charge in [0.2, 0.25) is 0 Å². The number of hydrogen-bond acceptors (Lipinski definition) is 3. The van der Waals surface area contributed by atoms with E-state index >= 15 is 0 Å². The van der Waals surface area contributed by atoms with Crippen molar-refractivity contribution >= 4 is 10.8 Å². The molecule has 4 rings (SSSR count). The summed E-state index contributed by atoms with van der Waals surface area (Å²) in [6, 6.07) is 14.4. The van der Waals surface area contributed by atoms with Crippen molar-refractivity contribution in [3.05, 3.63) is 54.2 Å². The SMILES string of the molecule is Cc1cc2c(cc1-c1nccc3ccccc13)OCCO2. The van der Waals surface area contributed by atoms with Gasteiger partial charge in [-0.1, -0.05) is 24.3 Å². The van der Waals surface area contributed by atoms with Crippen LogP contribution in [0.25, 0.3) is 22.0 Å². The number of aromatic nitrogens is 1. The summed E-state index contributed by atoms with van der Waals surface area (Å²) in [5.41, 5.74) is 3.22. The van der Waals surface area contributed by atoms with E-state index in [4.69, 9.17) is 9.47 Å². The quantitative estimate of drug-likeness (QED) is 0.674. The molecule has 0 spiro atoms. The van der Waals surface area contributed by atoms with Crippen LogP contribution in [0.3, 0.4) is 0 Å². The van der Waals surface area contributed by atoms with Crippen molar-refractivity contribution in [2.75, 3.05) is 13.2 Å². The fourth-order valence-corrected chi connectivity index (χ4v) is 2.78. The summed E-state index contributed by atoms with van der Waals surface area (Å²) in [6.07, 6.45) is 1.86. The minimum atomic E-state index is 0.596. The highest BCUT2D eigenvalue weighted by Gasteiger charge is 2.16. The number of ether oxygens (including phenoxy) is 2. The maximum atomic E-state index is 5.70. The summed E-state index contributed by atoms with van der Waals surface area (Å²) < 4.78 is 11.3. The third-order valence-electron chi connectivity index (χ3n) is 3.82. The Morgan fingerprint density at radius 1 is 0.952 bits per heavy atom. The average Bonchev–Trinajstić information content (AvgIpc) is 2.54. The van der Waals surface area contributed by atoms with Crippen LogP contribution in [0.2, 0.25) is 0 Å². The second-order valence-corrected chi connectivity index (χ2v) is 5.19. The van der Waals surface area contributed by atoms with Crippen LogP contribution in [-0.2, 0) is 0 Å². The fraction of sp³-hybridized carbons (Fsp3) is 0.167. The van der Waals surface area contributed by atoms with Gasteiger partial charge < -0.3 is 9.47 Å². The Hall–Kier alpha value is -2.55. The van der Waals surface area contributed by atoms with Crippen LogP contribution < -0.4 is 9.47 Å². The van der Waals surface area contributed by atoms with Gasteiger partial charge in [0, 0.05) is 17.1 Å². The number of pyridine rings is 1. The Morgan fingerprint density at radius 2 is 1.71 bits per heavy atom. The monoisotopic (exact) mass is 277 g/mol. The molecule has 3 heteroatoms. The average molecular weight is 277 g/mol. The molecule has 0 aliphatic carbocycles. The zero-order valence-electron chi connectivity index (χ0n) is 11.8. The molecule has 1 aliphatic heterocycles. The molecule has 2 heterocycles. The Morgan fingerprint density at radius 3 is 2.57 bits per heavy atom. The van der Waals surface area contributed by atoms with Crippen molar-refractivity contribution in [3.63, 3.8) is 0 Å². The molecule has 1 aromatic heterocycles. The molecule has 104 valence electrons. The molecule has 3 aromatic rings. The van der Waals surface area contributed by atoms with Gasteiger partial charge in [-0.15, -0.1) is 0 Å². The van der Waals surface area contributed by atoms with Gasteiger partial charge in [-0.25, -0.2) is 0 Å². The van der Waals surface area contributed by atoms with E-state index in [-0.39, 0.29) is 0 Å². The summed E-state index contributed by atoms with van der Waals surface area (Å²) in [7, 11) is 0. The van der Waals surface area contributed by atoms with Crippen LogP contribution in [0.5, 0.6) is 11.5 Å². The lowest BCUT2D eigenvalue weighted by Gasteiger charge is -2.20. The minimum absolute atomic E-state index is 0.596. The van der Waals surface area contributed by atoms with Crippen LogP contribution in [-0.4, -0.2) is 18.2 Å². The van der Waals surface area contributed by atoms with E-state index in [0.29, 0.717) is 13.2 Å². The van der Waals surface area contributed by atoms with E-state index in [9.17, 15) is 0 Å². The molecule has 0 amide bonds. The summed E-state index contributed by atoms with van der Waals surface area (Å²) in [5.74, 6) is 1.62. The van der Waals surface area contributed by atoms with E-state index in [1.54, 1.807) is 0 Å². The van der Waals surface area contributed by atoms with Crippen LogP contribution >= 0.6 is 0 Å². The maximum Gasteiger partial charge on any atom is 0.162 e. The first-order valence-corrected chi connectivity index (χ1v) is 7.07. The number of aryl methyl sites for hydroxylation is 1. The Kier molecular flexibility index (Phi) is 2.78. The molecular formula is C18H15NO2. The molecule has 3 nitrogen and oxygen atoms in total. The molecule has 0 bridgehead atoms. The largest absolute Gasteiger partial charge is 0.486 e. The number of hydrogen-bond donors (Lipinski definition) is 0. The first kappa shape index (κ1) is 12.2. The van der Waals surface area contributed by atoms with Crippen LogP contribution in [0.4, 0.5) is 0 Å². The summed E-state index contributed by atoms with van der Waals surface area (Å²) in [6.45, 7) is 3.29. The standard InChI is InChI=1S/C18H15NO2/c1-12-10-16-17(21-9-8-20-16)11-15(12)18-14-5-3-2-4-13(14)6-7-19-18/h2-7,10-11H,8-9H2,1H3. The maximum absolute atomic E-state index is 5.70. The highest BCUT2D eigenvalue weighted by molar-refractivity contribution is 5.95. The molecule has 0 unspecified atom stereocenters. The summed E-state index contributed by atoms with van der Waals surface area (Å²) in [5, 5.41) is 2.34. The van der Waals surface area contributed by atoms with Crippen molar-refractivity contribution in [2.24, 2.45) is 0 Å². The van der Waals surface area contributed by atoms with Crippen molar-refractivity contribution in [2.45, 2.75) is 6.92 Å². The highest BCUT2D eigenvalue weighted by Crippen LogP contribution is 2.38. The van der Waals surface area contributed by atoms with Crippen LogP contribution in [0.15, 0.2) is 48.7 Å². The number of nitrogens with zero attached hydrogens (tertiary/aromatic N) is 1. The van der Waals surface area contributed by atoms with Crippen molar-refractivity contribution in [1.82, 2.24) is 4.98 Å². The van der Waals surface area contributed by atoms with Gasteiger partial charge in [-0.05, 0) is 36.1 Å². The van der Waals surface area contributed by atoms with E-state index in [2.05, 4.69) is 24.0 Å². The number of rotatable bonds is 1.